The van der Waals surface area contributed by atoms with Gasteiger partial charge in [-0.1, -0.05) is 112 Å². The average molecular weight is 626 g/mol. The van der Waals surface area contributed by atoms with Crippen molar-refractivity contribution >= 4 is 112 Å². The van der Waals surface area contributed by atoms with Crippen LogP contribution in [0.4, 0.5) is 0 Å². The zero-order valence-corrected chi connectivity index (χ0v) is 16.4. The quantitative estimate of drug-likeness (QED) is 0.438. The lowest BCUT2D eigenvalue weighted by Crippen LogP contribution is -2.46. The summed E-state index contributed by atoms with van der Waals surface area (Å²) in [6, 6.07) is 0. The van der Waals surface area contributed by atoms with Crippen molar-refractivity contribution in [2.75, 3.05) is 6.61 Å². The fraction of sp³-hybridized carbons (Fsp3) is 1.00. The molecule has 0 aliphatic rings. The summed E-state index contributed by atoms with van der Waals surface area (Å²) in [7, 11) is 0. The Morgan fingerprint density at radius 2 is 1.17 bits per heavy atom. The van der Waals surface area contributed by atoms with Crippen LogP contribution in [0, 0.1) is 0 Å². The maximum Gasteiger partial charge on any atom is 0.162 e. The van der Waals surface area contributed by atoms with E-state index in [-0.39, 0.29) is 6.61 Å². The van der Waals surface area contributed by atoms with E-state index in [1.807, 2.05) is 0 Å². The molecule has 12 heavy (non-hydrogen) atoms. The van der Waals surface area contributed by atoms with Crippen LogP contribution in [-0.4, -0.2) is 20.3 Å². The van der Waals surface area contributed by atoms with Crippen LogP contribution in [0.3, 0.4) is 0 Å². The van der Waals surface area contributed by atoms with Gasteiger partial charge in [0.2, 0.25) is 0 Å². The minimum Gasteiger partial charge on any atom is -0.394 e. The van der Waals surface area contributed by atoms with Crippen LogP contribution in [0.1, 0.15) is 0 Å². The smallest absolute Gasteiger partial charge is 0.162 e. The van der Waals surface area contributed by atoms with Gasteiger partial charge in [-0.3, -0.25) is 0 Å². The molecule has 8 heteroatoms. The van der Waals surface area contributed by atoms with Crippen LogP contribution < -0.4 is 0 Å². The Hall–Kier alpha value is 3.32. The van der Waals surface area contributed by atoms with E-state index in [2.05, 4.69) is 112 Å². The van der Waals surface area contributed by atoms with Crippen molar-refractivity contribution in [1.82, 2.24) is 0 Å². The maximum atomic E-state index is 9.08. The minimum absolute atomic E-state index is 0.103. The van der Waals surface area contributed by atoms with Crippen LogP contribution >= 0.6 is 112 Å². The predicted molar refractivity (Wildman–Crippen MR) is 77.8 cm³/mol. The zero-order chi connectivity index (χ0) is 10.2. The van der Waals surface area contributed by atoms with Crippen LogP contribution in [0.2, 0.25) is 0 Å². The van der Waals surface area contributed by atoms with Crippen LogP contribution in [0.15, 0.2) is 0 Å². The lowest BCUT2D eigenvalue weighted by Gasteiger charge is -2.39. The van der Waals surface area contributed by atoms with Gasteiger partial charge in [0, 0.05) is 0 Å². The molecule has 0 aromatic carbocycles. The molecule has 0 aliphatic heterocycles. The first-order chi connectivity index (χ1) is 5.06. The van der Waals surface area contributed by atoms with E-state index in [1.165, 1.54) is 0 Å². The van der Waals surface area contributed by atoms with E-state index in [0.717, 1.165) is 0 Å². The van der Waals surface area contributed by atoms with Crippen molar-refractivity contribution in [2.45, 2.75) is 8.61 Å². The van der Waals surface area contributed by atoms with Crippen molar-refractivity contribution in [3.63, 3.8) is 0 Å². The highest BCUT2D eigenvalue weighted by Crippen LogP contribution is 2.62. The van der Waals surface area contributed by atoms with Crippen LogP contribution in [0.25, 0.3) is 0 Å². The molecular weight excluding hydrogens is 623 g/mol. The molecule has 0 rings (SSSR count). The van der Waals surface area contributed by atoms with Gasteiger partial charge in [0.15, 0.2) is 2.14 Å². The SMILES string of the molecule is OCC(Br)(Br)C(Br)(Br)C(Br)(Br)Br. The van der Waals surface area contributed by atoms with E-state index in [1.54, 1.807) is 0 Å². The second-order valence-electron chi connectivity index (χ2n) is 1.93. The van der Waals surface area contributed by atoms with Gasteiger partial charge in [0.05, 0.1) is 6.61 Å². The van der Waals surface area contributed by atoms with E-state index >= 15 is 0 Å². The van der Waals surface area contributed by atoms with E-state index in [4.69, 9.17) is 5.11 Å². The number of hydrogen-bond donors (Lipinski definition) is 1. The third kappa shape index (κ3) is 3.42. The monoisotopic (exact) mass is 619 g/mol. The average Bonchev–Trinajstić information content (AvgIpc) is 1.85. The van der Waals surface area contributed by atoms with Crippen molar-refractivity contribution < 1.29 is 5.11 Å². The normalized spacial score (nSPS) is 15.0. The molecule has 0 saturated heterocycles. The second kappa shape index (κ2) is 5.10. The number of aliphatic hydroxyl groups is 1. The first-order valence-electron chi connectivity index (χ1n) is 2.49. The number of hydrogen-bond acceptors (Lipinski definition) is 1. The number of alkyl halides is 7. The van der Waals surface area contributed by atoms with Crippen molar-refractivity contribution in [3.05, 3.63) is 0 Å². The molecule has 74 valence electrons. The standard InChI is InChI=1S/C4H3Br7O/c5-2(6,1-12)3(7,8)4(9,10)11/h12H,1H2. The fourth-order valence-corrected chi connectivity index (χ4v) is 3.76. The summed E-state index contributed by atoms with van der Waals surface area (Å²) in [5.41, 5.74) is 0. The van der Waals surface area contributed by atoms with Gasteiger partial charge >= 0.3 is 0 Å². The Morgan fingerprint density at radius 3 is 1.25 bits per heavy atom. The molecule has 0 fully saturated rings. The summed E-state index contributed by atoms with van der Waals surface area (Å²) >= 11 is 23.5. The highest BCUT2D eigenvalue weighted by Gasteiger charge is 2.56. The van der Waals surface area contributed by atoms with Crippen molar-refractivity contribution in [1.29, 1.82) is 0 Å². The molecule has 0 heterocycles. The number of rotatable bonds is 2. The topological polar surface area (TPSA) is 20.2 Å². The van der Waals surface area contributed by atoms with Gasteiger partial charge in [-0.05, 0) is 0 Å². The van der Waals surface area contributed by atoms with Crippen molar-refractivity contribution in [2.24, 2.45) is 0 Å². The molecule has 0 atom stereocenters. The number of aliphatic hydroxyl groups excluding tert-OH is 1. The third-order valence-electron chi connectivity index (χ3n) is 1.01. The summed E-state index contributed by atoms with van der Waals surface area (Å²) in [6.45, 7) is -0.103. The summed E-state index contributed by atoms with van der Waals surface area (Å²) in [5, 5.41) is 9.08. The molecule has 0 bridgehead atoms. The van der Waals surface area contributed by atoms with Gasteiger partial charge in [0.25, 0.3) is 0 Å². The molecule has 1 N–H and O–H groups in total. The van der Waals surface area contributed by atoms with E-state index in [9.17, 15) is 0 Å². The van der Waals surface area contributed by atoms with Gasteiger partial charge in [-0.15, -0.1) is 0 Å². The summed E-state index contributed by atoms with van der Waals surface area (Å²) < 4.78 is -1.96. The molecule has 0 amide bonds. The lowest BCUT2D eigenvalue weighted by molar-refractivity contribution is 0.286. The Labute approximate surface area is 130 Å². The fourth-order valence-electron chi connectivity index (χ4n) is 0.307. The largest absolute Gasteiger partial charge is 0.394 e. The molecule has 0 aromatic heterocycles. The predicted octanol–water partition coefficient (Wildman–Crippen LogP) is 4.79. The van der Waals surface area contributed by atoms with E-state index < -0.39 is 8.61 Å². The third-order valence-corrected chi connectivity index (χ3v) is 12.4. The molecule has 0 radical (unpaired) electrons. The van der Waals surface area contributed by atoms with Crippen LogP contribution in [0.5, 0.6) is 0 Å². The first-order valence-corrected chi connectivity index (χ1v) is 8.04. The van der Waals surface area contributed by atoms with Crippen molar-refractivity contribution in [3.8, 4) is 0 Å². The van der Waals surface area contributed by atoms with Crippen LogP contribution in [-0.2, 0) is 0 Å². The van der Waals surface area contributed by atoms with Gasteiger partial charge in [0.1, 0.15) is 6.47 Å². The molecule has 0 unspecified atom stereocenters. The number of halogens is 7. The first kappa shape index (κ1) is 15.3. The summed E-state index contributed by atoms with van der Waals surface area (Å²) in [5.74, 6) is 0. The Kier molecular flexibility index (Phi) is 6.51. The lowest BCUT2D eigenvalue weighted by atomic mass is 10.3. The van der Waals surface area contributed by atoms with E-state index in [0.29, 0.717) is 0 Å². The molecular formula is C4H3Br7O. The molecule has 0 spiro atoms. The molecule has 0 saturated carbocycles. The highest BCUT2D eigenvalue weighted by molar-refractivity contribution is 9.42. The molecule has 0 aromatic rings. The molecule has 0 aliphatic carbocycles. The van der Waals surface area contributed by atoms with Gasteiger partial charge in [-0.25, -0.2) is 0 Å². The second-order valence-corrected chi connectivity index (χ2v) is 15.9. The molecule has 1 nitrogen and oxygen atoms in total. The minimum atomic E-state index is -0.705. The Morgan fingerprint density at radius 1 is 0.833 bits per heavy atom. The Bertz CT molecular complexity index is 159. The highest BCUT2D eigenvalue weighted by atomic mass is 80.0. The summed E-state index contributed by atoms with van der Waals surface area (Å²) in [4.78, 5) is 0. The summed E-state index contributed by atoms with van der Waals surface area (Å²) in [6.07, 6.45) is 0. The van der Waals surface area contributed by atoms with Gasteiger partial charge in [-0.2, -0.15) is 0 Å². The Balaban J connectivity index is 4.85. The maximum absolute atomic E-state index is 9.08. The van der Waals surface area contributed by atoms with Gasteiger partial charge < -0.3 is 5.11 Å². The zero-order valence-electron chi connectivity index (χ0n) is 5.30.